The Balaban J connectivity index is 1.52. The van der Waals surface area contributed by atoms with Crippen molar-refractivity contribution in [2.24, 2.45) is 5.92 Å². The van der Waals surface area contributed by atoms with Gasteiger partial charge in [0.05, 0.1) is 20.2 Å². The summed E-state index contributed by atoms with van der Waals surface area (Å²) in [5.74, 6) is 1.04. The van der Waals surface area contributed by atoms with Gasteiger partial charge in [0, 0.05) is 37.4 Å². The Labute approximate surface area is 208 Å². The highest BCUT2D eigenvalue weighted by Gasteiger charge is 2.34. The van der Waals surface area contributed by atoms with Crippen molar-refractivity contribution in [3.8, 4) is 5.75 Å². The Bertz CT molecular complexity index is 1120. The number of hydrogen-bond acceptors (Lipinski definition) is 3. The SMILES string of the molecule is CCCN(CC(=O)N(Cc1ccccc1)Cc1cccn1Cc1cccc(OC)c1)C(=O)C1CC1. The van der Waals surface area contributed by atoms with Crippen molar-refractivity contribution in [3.05, 3.63) is 89.7 Å². The molecular formula is C29H35N3O3. The van der Waals surface area contributed by atoms with Crippen LogP contribution in [0.2, 0.25) is 0 Å². The van der Waals surface area contributed by atoms with Gasteiger partial charge < -0.3 is 19.1 Å². The molecule has 1 aromatic heterocycles. The number of rotatable bonds is 12. The molecule has 0 spiro atoms. The van der Waals surface area contributed by atoms with Gasteiger partial charge in [0.2, 0.25) is 11.8 Å². The van der Waals surface area contributed by atoms with Crippen LogP contribution in [-0.2, 0) is 29.2 Å². The maximum Gasteiger partial charge on any atom is 0.242 e. The van der Waals surface area contributed by atoms with E-state index in [1.165, 1.54) is 0 Å². The van der Waals surface area contributed by atoms with Gasteiger partial charge in [-0.25, -0.2) is 0 Å². The summed E-state index contributed by atoms with van der Waals surface area (Å²) < 4.78 is 7.54. The van der Waals surface area contributed by atoms with Crippen LogP contribution in [0.15, 0.2) is 72.9 Å². The average molecular weight is 474 g/mol. The fourth-order valence-electron chi connectivity index (χ4n) is 4.34. The lowest BCUT2D eigenvalue weighted by molar-refractivity contribution is -0.142. The number of ether oxygens (including phenoxy) is 1. The van der Waals surface area contributed by atoms with Gasteiger partial charge in [-0.2, -0.15) is 0 Å². The average Bonchev–Trinajstić information content (AvgIpc) is 3.64. The van der Waals surface area contributed by atoms with E-state index in [2.05, 4.69) is 16.7 Å². The summed E-state index contributed by atoms with van der Waals surface area (Å²) in [5, 5.41) is 0. The molecule has 0 N–H and O–H groups in total. The molecule has 1 fully saturated rings. The van der Waals surface area contributed by atoms with Gasteiger partial charge in [0.1, 0.15) is 5.75 Å². The van der Waals surface area contributed by atoms with E-state index in [0.29, 0.717) is 26.2 Å². The lowest BCUT2D eigenvalue weighted by Gasteiger charge is -2.28. The summed E-state index contributed by atoms with van der Waals surface area (Å²) in [5.41, 5.74) is 3.25. The Kier molecular flexibility index (Phi) is 8.24. The standard InChI is InChI=1S/C29H35N3O3/c1-3-16-31(29(34)25-14-15-25)22-28(33)32(19-23-9-5-4-6-10-23)21-26-12-8-17-30(26)20-24-11-7-13-27(18-24)35-2/h4-13,17-18,25H,3,14-16,19-22H2,1-2H3. The Morgan fingerprint density at radius 2 is 1.71 bits per heavy atom. The quantitative estimate of drug-likeness (QED) is 0.382. The number of nitrogens with zero attached hydrogens (tertiary/aromatic N) is 3. The molecule has 1 aliphatic carbocycles. The van der Waals surface area contributed by atoms with Crippen molar-refractivity contribution < 1.29 is 14.3 Å². The van der Waals surface area contributed by atoms with Crippen LogP contribution in [0, 0.1) is 5.92 Å². The van der Waals surface area contributed by atoms with Gasteiger partial charge >= 0.3 is 0 Å². The van der Waals surface area contributed by atoms with Gasteiger partial charge in [-0.3, -0.25) is 9.59 Å². The Morgan fingerprint density at radius 3 is 2.43 bits per heavy atom. The molecule has 6 heteroatoms. The topological polar surface area (TPSA) is 54.8 Å². The molecule has 6 nitrogen and oxygen atoms in total. The smallest absolute Gasteiger partial charge is 0.242 e. The number of benzene rings is 2. The van der Waals surface area contributed by atoms with Crippen LogP contribution in [-0.4, -0.2) is 46.4 Å². The number of carbonyl (C=O) groups excluding carboxylic acids is 2. The minimum absolute atomic E-state index is 0.0227. The second kappa shape index (κ2) is 11.7. The van der Waals surface area contributed by atoms with Gasteiger partial charge in [-0.15, -0.1) is 0 Å². The first-order valence-electron chi connectivity index (χ1n) is 12.4. The lowest BCUT2D eigenvalue weighted by Crippen LogP contribution is -2.43. The molecule has 184 valence electrons. The molecule has 2 aromatic carbocycles. The zero-order valence-corrected chi connectivity index (χ0v) is 20.7. The lowest BCUT2D eigenvalue weighted by atomic mass is 10.2. The monoisotopic (exact) mass is 473 g/mol. The second-order valence-electron chi connectivity index (χ2n) is 9.25. The van der Waals surface area contributed by atoms with Crippen molar-refractivity contribution in [1.82, 2.24) is 14.4 Å². The van der Waals surface area contributed by atoms with E-state index in [1.54, 1.807) is 12.0 Å². The van der Waals surface area contributed by atoms with Gasteiger partial charge in [-0.1, -0.05) is 49.4 Å². The minimum atomic E-state index is -0.0227. The maximum atomic E-state index is 13.6. The van der Waals surface area contributed by atoms with Gasteiger partial charge in [0.25, 0.3) is 0 Å². The molecule has 35 heavy (non-hydrogen) atoms. The first-order chi connectivity index (χ1) is 17.1. The predicted molar refractivity (Wildman–Crippen MR) is 137 cm³/mol. The Hall–Kier alpha value is -3.54. The van der Waals surface area contributed by atoms with Crippen LogP contribution in [0.25, 0.3) is 0 Å². The summed E-state index contributed by atoms with van der Waals surface area (Å²) in [4.78, 5) is 30.0. The molecular weight excluding hydrogens is 438 g/mol. The van der Waals surface area contributed by atoms with Crippen LogP contribution in [0.1, 0.15) is 43.0 Å². The Morgan fingerprint density at radius 1 is 0.943 bits per heavy atom. The van der Waals surface area contributed by atoms with Gasteiger partial charge in [0.15, 0.2) is 0 Å². The maximum absolute atomic E-state index is 13.6. The van der Waals surface area contributed by atoms with Crippen molar-refractivity contribution >= 4 is 11.8 Å². The van der Waals surface area contributed by atoms with Crippen LogP contribution in [0.4, 0.5) is 0 Å². The van der Waals surface area contributed by atoms with Crippen molar-refractivity contribution in [1.29, 1.82) is 0 Å². The zero-order chi connectivity index (χ0) is 24.6. The second-order valence-corrected chi connectivity index (χ2v) is 9.25. The van der Waals surface area contributed by atoms with E-state index in [1.807, 2.05) is 72.6 Å². The molecule has 3 aromatic rings. The third-order valence-corrected chi connectivity index (χ3v) is 6.39. The largest absolute Gasteiger partial charge is 0.497 e. The fourth-order valence-corrected chi connectivity index (χ4v) is 4.34. The molecule has 0 radical (unpaired) electrons. The molecule has 1 heterocycles. The summed E-state index contributed by atoms with van der Waals surface area (Å²) in [6.45, 7) is 4.46. The predicted octanol–water partition coefficient (Wildman–Crippen LogP) is 4.72. The van der Waals surface area contributed by atoms with Crippen LogP contribution < -0.4 is 4.74 Å². The highest BCUT2D eigenvalue weighted by atomic mass is 16.5. The zero-order valence-electron chi connectivity index (χ0n) is 20.7. The van der Waals surface area contributed by atoms with E-state index in [-0.39, 0.29) is 24.3 Å². The molecule has 0 atom stereocenters. The summed E-state index contributed by atoms with van der Waals surface area (Å²) in [6.07, 6.45) is 4.77. The minimum Gasteiger partial charge on any atom is -0.497 e. The van der Waals surface area contributed by atoms with Crippen LogP contribution in [0.3, 0.4) is 0 Å². The highest BCUT2D eigenvalue weighted by molar-refractivity contribution is 5.87. The molecule has 0 saturated heterocycles. The highest BCUT2D eigenvalue weighted by Crippen LogP contribution is 2.31. The van der Waals surface area contributed by atoms with E-state index < -0.39 is 0 Å². The fraction of sp³-hybridized carbons (Fsp3) is 0.379. The van der Waals surface area contributed by atoms with E-state index >= 15 is 0 Å². The summed E-state index contributed by atoms with van der Waals surface area (Å²) >= 11 is 0. The molecule has 0 bridgehead atoms. The molecule has 0 unspecified atom stereocenters. The first kappa shape index (κ1) is 24.6. The van der Waals surface area contributed by atoms with Crippen molar-refractivity contribution in [2.75, 3.05) is 20.2 Å². The number of hydrogen-bond donors (Lipinski definition) is 0. The van der Waals surface area contributed by atoms with E-state index in [0.717, 1.165) is 41.8 Å². The van der Waals surface area contributed by atoms with Gasteiger partial charge in [-0.05, 0) is 54.7 Å². The number of methoxy groups -OCH3 is 1. The summed E-state index contributed by atoms with van der Waals surface area (Å²) in [7, 11) is 1.67. The van der Waals surface area contributed by atoms with Crippen LogP contribution in [0.5, 0.6) is 5.75 Å². The number of amides is 2. The molecule has 4 rings (SSSR count). The van der Waals surface area contributed by atoms with Crippen LogP contribution >= 0.6 is 0 Å². The van der Waals surface area contributed by atoms with E-state index in [4.69, 9.17) is 4.74 Å². The van der Waals surface area contributed by atoms with Crippen molar-refractivity contribution in [3.63, 3.8) is 0 Å². The third kappa shape index (κ3) is 6.75. The summed E-state index contributed by atoms with van der Waals surface area (Å²) in [6, 6.07) is 22.1. The van der Waals surface area contributed by atoms with E-state index in [9.17, 15) is 9.59 Å². The number of aromatic nitrogens is 1. The number of carbonyl (C=O) groups is 2. The molecule has 1 saturated carbocycles. The normalized spacial score (nSPS) is 12.9. The molecule has 2 amide bonds. The molecule has 0 aliphatic heterocycles. The third-order valence-electron chi connectivity index (χ3n) is 6.39. The van der Waals surface area contributed by atoms with Crippen molar-refractivity contribution in [2.45, 2.75) is 45.8 Å². The molecule has 1 aliphatic rings. The first-order valence-corrected chi connectivity index (χ1v) is 12.4.